The summed E-state index contributed by atoms with van der Waals surface area (Å²) in [5.74, 6) is 0.812. The summed E-state index contributed by atoms with van der Waals surface area (Å²) in [5.41, 5.74) is 0.482. The van der Waals surface area contributed by atoms with E-state index in [2.05, 4.69) is 0 Å². The number of likely N-dealkylation sites (tertiary alicyclic amines) is 1. The van der Waals surface area contributed by atoms with Gasteiger partial charge < -0.3 is 19.3 Å². The third-order valence-corrected chi connectivity index (χ3v) is 5.01. The van der Waals surface area contributed by atoms with Gasteiger partial charge in [-0.15, -0.1) is 0 Å². The molecule has 2 amide bonds. The van der Waals surface area contributed by atoms with E-state index in [1.54, 1.807) is 16.9 Å². The van der Waals surface area contributed by atoms with Crippen molar-refractivity contribution in [3.05, 3.63) is 29.8 Å². The Morgan fingerprint density at radius 1 is 1.19 bits per heavy atom. The molecule has 0 spiro atoms. The van der Waals surface area contributed by atoms with E-state index in [1.807, 2.05) is 59.0 Å². The summed E-state index contributed by atoms with van der Waals surface area (Å²) in [6.45, 7) is 8.66. The molecule has 1 atom stereocenters. The van der Waals surface area contributed by atoms with Crippen molar-refractivity contribution >= 4 is 12.0 Å². The normalized spacial score (nSPS) is 16.6. The van der Waals surface area contributed by atoms with E-state index >= 15 is 0 Å². The summed E-state index contributed by atoms with van der Waals surface area (Å²) in [6.07, 6.45) is 1.01. The average Bonchev–Trinajstić information content (AvgIpc) is 2.65. The maximum atomic E-state index is 13.0. The molecule has 150 valence electrons. The van der Waals surface area contributed by atoms with Crippen LogP contribution in [0.5, 0.6) is 5.75 Å². The lowest BCUT2D eigenvalue weighted by Gasteiger charge is -2.35. The van der Waals surface area contributed by atoms with E-state index in [0.29, 0.717) is 25.9 Å². The second-order valence-electron chi connectivity index (χ2n) is 8.11. The Kier molecular flexibility index (Phi) is 6.73. The van der Waals surface area contributed by atoms with Gasteiger partial charge in [-0.3, -0.25) is 4.79 Å². The molecule has 0 aliphatic carbocycles. The van der Waals surface area contributed by atoms with Gasteiger partial charge in [0.2, 0.25) is 5.91 Å². The van der Waals surface area contributed by atoms with Crippen LogP contribution in [-0.4, -0.2) is 54.6 Å². The molecule has 0 radical (unpaired) electrons. The molecule has 1 aromatic rings. The lowest BCUT2D eigenvalue weighted by Crippen LogP contribution is -2.45. The second-order valence-corrected chi connectivity index (χ2v) is 8.11. The minimum atomic E-state index is -0.506. The smallest absolute Gasteiger partial charge is 0.410 e. The molecule has 0 saturated carbocycles. The van der Waals surface area contributed by atoms with Gasteiger partial charge in [-0.25, -0.2) is 4.79 Å². The Bertz CT molecular complexity index is 660. The zero-order valence-corrected chi connectivity index (χ0v) is 17.3. The van der Waals surface area contributed by atoms with Crippen molar-refractivity contribution in [1.29, 1.82) is 0 Å². The fourth-order valence-corrected chi connectivity index (χ4v) is 3.33. The van der Waals surface area contributed by atoms with Crippen LogP contribution in [-0.2, 0) is 9.53 Å². The minimum Gasteiger partial charge on any atom is -0.496 e. The van der Waals surface area contributed by atoms with Crippen molar-refractivity contribution in [2.24, 2.45) is 5.92 Å². The summed E-state index contributed by atoms with van der Waals surface area (Å²) in [5, 5.41) is 0. The molecule has 0 bridgehead atoms. The number of ether oxygens (including phenoxy) is 2. The monoisotopic (exact) mass is 376 g/mol. The van der Waals surface area contributed by atoms with E-state index < -0.39 is 5.60 Å². The summed E-state index contributed by atoms with van der Waals surface area (Å²) in [7, 11) is 3.47. The zero-order chi connectivity index (χ0) is 20.2. The molecule has 1 aromatic carbocycles. The molecule has 1 aliphatic heterocycles. The third kappa shape index (κ3) is 5.37. The van der Waals surface area contributed by atoms with E-state index in [1.165, 1.54) is 0 Å². The Morgan fingerprint density at radius 2 is 1.78 bits per heavy atom. The molecule has 27 heavy (non-hydrogen) atoms. The van der Waals surface area contributed by atoms with E-state index in [9.17, 15) is 9.59 Å². The lowest BCUT2D eigenvalue weighted by molar-refractivity contribution is -0.137. The summed E-state index contributed by atoms with van der Waals surface area (Å²) in [4.78, 5) is 28.6. The molecule has 0 aromatic heterocycles. The SMILES string of the molecule is COc1ccccc1C(C)N(C)C(=O)C1CCN(C(=O)OC(C)(C)C)CC1. The first-order valence-corrected chi connectivity index (χ1v) is 9.51. The highest BCUT2D eigenvalue weighted by atomic mass is 16.6. The van der Waals surface area contributed by atoms with Gasteiger partial charge in [0, 0.05) is 31.6 Å². The Hall–Kier alpha value is -2.24. The molecule has 6 heteroatoms. The van der Waals surface area contributed by atoms with Crippen molar-refractivity contribution in [2.75, 3.05) is 27.2 Å². The van der Waals surface area contributed by atoms with E-state index in [0.717, 1.165) is 11.3 Å². The number of benzene rings is 1. The molecule has 1 heterocycles. The van der Waals surface area contributed by atoms with Gasteiger partial charge in [0.15, 0.2) is 0 Å². The summed E-state index contributed by atoms with van der Waals surface area (Å²) >= 11 is 0. The highest BCUT2D eigenvalue weighted by Gasteiger charge is 2.32. The molecular formula is C21H32N2O4. The van der Waals surface area contributed by atoms with Gasteiger partial charge >= 0.3 is 6.09 Å². The maximum Gasteiger partial charge on any atom is 0.410 e. The molecule has 1 unspecified atom stereocenters. The van der Waals surface area contributed by atoms with E-state index in [-0.39, 0.29) is 24.0 Å². The van der Waals surface area contributed by atoms with Gasteiger partial charge in [-0.1, -0.05) is 18.2 Å². The first-order valence-electron chi connectivity index (χ1n) is 9.51. The lowest BCUT2D eigenvalue weighted by atomic mass is 9.94. The number of amides is 2. The number of hydrogen-bond donors (Lipinski definition) is 0. The average molecular weight is 376 g/mol. The van der Waals surface area contributed by atoms with Crippen molar-refractivity contribution in [3.63, 3.8) is 0 Å². The standard InChI is InChI=1S/C21H32N2O4/c1-15(17-9-7-8-10-18(17)26-6)22(5)19(24)16-11-13-23(14-12-16)20(25)27-21(2,3)4/h7-10,15-16H,11-14H2,1-6H3. The molecule has 1 aliphatic rings. The van der Waals surface area contributed by atoms with Gasteiger partial charge in [-0.05, 0) is 46.6 Å². The number of rotatable bonds is 4. The van der Waals surface area contributed by atoms with Crippen LogP contribution in [0.2, 0.25) is 0 Å². The van der Waals surface area contributed by atoms with E-state index in [4.69, 9.17) is 9.47 Å². The number of piperidine rings is 1. The predicted octanol–water partition coefficient (Wildman–Crippen LogP) is 3.86. The molecular weight excluding hydrogens is 344 g/mol. The topological polar surface area (TPSA) is 59.1 Å². The van der Waals surface area contributed by atoms with Crippen LogP contribution in [0.15, 0.2) is 24.3 Å². The highest BCUT2D eigenvalue weighted by Crippen LogP contribution is 2.30. The van der Waals surface area contributed by atoms with Crippen LogP contribution in [0.1, 0.15) is 52.1 Å². The van der Waals surface area contributed by atoms with Crippen molar-refractivity contribution < 1.29 is 19.1 Å². The van der Waals surface area contributed by atoms with Crippen LogP contribution in [0, 0.1) is 5.92 Å². The van der Waals surface area contributed by atoms with Crippen LogP contribution in [0.3, 0.4) is 0 Å². The first-order chi connectivity index (χ1) is 12.6. The number of hydrogen-bond acceptors (Lipinski definition) is 4. The van der Waals surface area contributed by atoms with Gasteiger partial charge in [0.1, 0.15) is 11.4 Å². The van der Waals surface area contributed by atoms with Crippen molar-refractivity contribution in [3.8, 4) is 5.75 Å². The van der Waals surface area contributed by atoms with Gasteiger partial charge in [0.25, 0.3) is 0 Å². The van der Waals surface area contributed by atoms with Crippen LogP contribution in [0.25, 0.3) is 0 Å². The van der Waals surface area contributed by atoms with Crippen LogP contribution < -0.4 is 4.74 Å². The van der Waals surface area contributed by atoms with Crippen LogP contribution >= 0.6 is 0 Å². The molecule has 2 rings (SSSR count). The second kappa shape index (κ2) is 8.63. The highest BCUT2D eigenvalue weighted by molar-refractivity contribution is 5.79. The fourth-order valence-electron chi connectivity index (χ4n) is 3.33. The quantitative estimate of drug-likeness (QED) is 0.801. The largest absolute Gasteiger partial charge is 0.496 e. The third-order valence-electron chi connectivity index (χ3n) is 5.01. The summed E-state index contributed by atoms with van der Waals surface area (Å²) in [6, 6.07) is 7.68. The Labute approximate surface area is 162 Å². The van der Waals surface area contributed by atoms with Crippen LogP contribution in [0.4, 0.5) is 4.79 Å². The Morgan fingerprint density at radius 3 is 2.33 bits per heavy atom. The minimum absolute atomic E-state index is 0.0779. The number of carbonyl (C=O) groups excluding carboxylic acids is 2. The zero-order valence-electron chi connectivity index (χ0n) is 17.3. The molecule has 6 nitrogen and oxygen atoms in total. The maximum absolute atomic E-state index is 13.0. The number of carbonyl (C=O) groups is 2. The Balaban J connectivity index is 1.96. The van der Waals surface area contributed by atoms with Crippen molar-refractivity contribution in [1.82, 2.24) is 9.80 Å². The number of nitrogens with zero attached hydrogens (tertiary/aromatic N) is 2. The van der Waals surface area contributed by atoms with Crippen molar-refractivity contribution in [2.45, 2.75) is 52.2 Å². The molecule has 1 fully saturated rings. The summed E-state index contributed by atoms with van der Waals surface area (Å²) < 4.78 is 10.8. The number of methoxy groups -OCH3 is 1. The van der Waals surface area contributed by atoms with Gasteiger partial charge in [0.05, 0.1) is 13.2 Å². The number of para-hydroxylation sites is 1. The van der Waals surface area contributed by atoms with Gasteiger partial charge in [-0.2, -0.15) is 0 Å². The first kappa shape index (κ1) is 21.1. The molecule has 1 saturated heterocycles. The predicted molar refractivity (Wildman–Crippen MR) is 105 cm³/mol. The fraction of sp³-hybridized carbons (Fsp3) is 0.619. The molecule has 0 N–H and O–H groups in total.